The first-order valence-electron chi connectivity index (χ1n) is 7.29. The Kier molecular flexibility index (Phi) is 5.05. The number of hydrogen-bond donors (Lipinski definition) is 1. The third-order valence-electron chi connectivity index (χ3n) is 3.69. The van der Waals surface area contributed by atoms with Crippen molar-refractivity contribution >= 4 is 21.4 Å². The van der Waals surface area contributed by atoms with Crippen LogP contribution in [0.4, 0.5) is 10.1 Å². The van der Waals surface area contributed by atoms with Crippen molar-refractivity contribution in [1.82, 2.24) is 5.32 Å². The molecule has 2 rings (SSSR count). The van der Waals surface area contributed by atoms with Crippen molar-refractivity contribution < 1.29 is 17.6 Å². The Hall–Kier alpha value is -1.63. The van der Waals surface area contributed by atoms with Gasteiger partial charge in [0.15, 0.2) is 9.84 Å². The summed E-state index contributed by atoms with van der Waals surface area (Å²) in [5, 5.41) is 2.77. The van der Waals surface area contributed by atoms with Crippen LogP contribution in [0.15, 0.2) is 24.3 Å². The van der Waals surface area contributed by atoms with Gasteiger partial charge in [0.1, 0.15) is 5.82 Å². The van der Waals surface area contributed by atoms with Crippen molar-refractivity contribution in [3.8, 4) is 0 Å². The molecule has 1 aromatic rings. The van der Waals surface area contributed by atoms with Crippen LogP contribution < -0.4 is 10.2 Å². The Morgan fingerprint density at radius 2 is 2.00 bits per heavy atom. The second kappa shape index (κ2) is 6.64. The van der Waals surface area contributed by atoms with E-state index in [1.165, 1.54) is 12.1 Å². The molecule has 1 amide bonds. The minimum absolute atomic E-state index is 0.0109. The molecule has 1 N–H and O–H groups in total. The molecule has 0 spiro atoms. The van der Waals surface area contributed by atoms with Crippen molar-refractivity contribution in [1.29, 1.82) is 0 Å². The van der Waals surface area contributed by atoms with Gasteiger partial charge in [0.05, 0.1) is 18.1 Å². The van der Waals surface area contributed by atoms with Gasteiger partial charge in [-0.05, 0) is 44.5 Å². The number of hydrogen-bond acceptors (Lipinski definition) is 4. The van der Waals surface area contributed by atoms with Crippen LogP contribution in [-0.2, 0) is 14.6 Å². The summed E-state index contributed by atoms with van der Waals surface area (Å²) in [7, 11) is -3.01. The SMILES string of the molecule is CC(C)N(CC(=O)N[C@H]1CCS(=O)(=O)C1)c1ccc(F)cc1. The van der Waals surface area contributed by atoms with Gasteiger partial charge in [-0.2, -0.15) is 0 Å². The lowest BCUT2D eigenvalue weighted by molar-refractivity contribution is -0.120. The van der Waals surface area contributed by atoms with Gasteiger partial charge in [-0.3, -0.25) is 4.79 Å². The number of nitrogens with one attached hydrogen (secondary N) is 1. The fourth-order valence-electron chi connectivity index (χ4n) is 2.54. The lowest BCUT2D eigenvalue weighted by atomic mass is 10.2. The molecule has 1 fully saturated rings. The average molecular weight is 328 g/mol. The number of carbonyl (C=O) groups excluding carboxylic acids is 1. The Morgan fingerprint density at radius 1 is 1.36 bits per heavy atom. The fraction of sp³-hybridized carbons (Fsp3) is 0.533. The summed E-state index contributed by atoms with van der Waals surface area (Å²) in [6, 6.07) is 5.71. The number of halogens is 1. The molecule has 1 heterocycles. The second-order valence-corrected chi connectivity index (χ2v) is 8.09. The maximum atomic E-state index is 13.0. The highest BCUT2D eigenvalue weighted by Gasteiger charge is 2.29. The van der Waals surface area contributed by atoms with Gasteiger partial charge in [-0.25, -0.2) is 12.8 Å². The Labute approximate surface area is 130 Å². The van der Waals surface area contributed by atoms with E-state index in [9.17, 15) is 17.6 Å². The molecule has 0 aliphatic carbocycles. The van der Waals surface area contributed by atoms with Crippen LogP contribution in [0.5, 0.6) is 0 Å². The third-order valence-corrected chi connectivity index (χ3v) is 5.46. The summed E-state index contributed by atoms with van der Waals surface area (Å²) < 4.78 is 35.8. The van der Waals surface area contributed by atoms with Gasteiger partial charge >= 0.3 is 0 Å². The summed E-state index contributed by atoms with van der Waals surface area (Å²) >= 11 is 0. The Balaban J connectivity index is 1.99. The molecule has 0 saturated carbocycles. The number of sulfone groups is 1. The number of amides is 1. The molecule has 0 aromatic heterocycles. The number of carbonyl (C=O) groups is 1. The van der Waals surface area contributed by atoms with E-state index in [0.717, 1.165) is 5.69 Å². The van der Waals surface area contributed by atoms with Gasteiger partial charge < -0.3 is 10.2 Å². The van der Waals surface area contributed by atoms with E-state index in [4.69, 9.17) is 0 Å². The zero-order chi connectivity index (χ0) is 16.3. The molecule has 0 unspecified atom stereocenters. The molecule has 1 aliphatic rings. The fourth-order valence-corrected chi connectivity index (χ4v) is 4.21. The van der Waals surface area contributed by atoms with Crippen molar-refractivity contribution in [3.05, 3.63) is 30.1 Å². The van der Waals surface area contributed by atoms with Gasteiger partial charge in [0.2, 0.25) is 5.91 Å². The number of anilines is 1. The lowest BCUT2D eigenvalue weighted by Crippen LogP contribution is -2.44. The van der Waals surface area contributed by atoms with Gasteiger partial charge in [-0.1, -0.05) is 0 Å². The van der Waals surface area contributed by atoms with Crippen molar-refractivity contribution in [3.63, 3.8) is 0 Å². The maximum absolute atomic E-state index is 13.0. The summed E-state index contributed by atoms with van der Waals surface area (Å²) in [6.07, 6.45) is 0.465. The molecule has 1 aromatic carbocycles. The zero-order valence-electron chi connectivity index (χ0n) is 12.8. The van der Waals surface area contributed by atoms with Crippen molar-refractivity contribution in [2.75, 3.05) is 23.0 Å². The normalized spacial score (nSPS) is 20.1. The van der Waals surface area contributed by atoms with E-state index in [1.807, 2.05) is 18.7 Å². The molecule has 5 nitrogen and oxygen atoms in total. The van der Waals surface area contributed by atoms with E-state index in [0.29, 0.717) is 6.42 Å². The molecule has 0 bridgehead atoms. The summed E-state index contributed by atoms with van der Waals surface area (Å²) in [4.78, 5) is 14.0. The first-order chi connectivity index (χ1) is 10.3. The van der Waals surface area contributed by atoms with E-state index in [1.54, 1.807) is 12.1 Å². The third kappa shape index (κ3) is 4.43. The van der Waals surface area contributed by atoms with E-state index >= 15 is 0 Å². The first-order valence-corrected chi connectivity index (χ1v) is 9.11. The van der Waals surface area contributed by atoms with Gasteiger partial charge in [-0.15, -0.1) is 0 Å². The van der Waals surface area contributed by atoms with Crippen LogP contribution in [0.25, 0.3) is 0 Å². The summed E-state index contributed by atoms with van der Waals surface area (Å²) in [5.74, 6) is -0.408. The standard InChI is InChI=1S/C15H21FN2O3S/c1-11(2)18(14-5-3-12(16)4-6-14)9-15(19)17-13-7-8-22(20,21)10-13/h3-6,11,13H,7-10H2,1-2H3,(H,17,19)/t13-/m0/s1. The highest BCUT2D eigenvalue weighted by Crippen LogP contribution is 2.17. The van der Waals surface area contributed by atoms with Crippen molar-refractivity contribution in [2.45, 2.75) is 32.4 Å². The maximum Gasteiger partial charge on any atom is 0.239 e. The average Bonchev–Trinajstić information content (AvgIpc) is 2.76. The molecular weight excluding hydrogens is 307 g/mol. The van der Waals surface area contributed by atoms with Crippen LogP contribution in [0.2, 0.25) is 0 Å². The minimum Gasteiger partial charge on any atom is -0.360 e. The topological polar surface area (TPSA) is 66.5 Å². The largest absolute Gasteiger partial charge is 0.360 e. The van der Waals surface area contributed by atoms with Crippen LogP contribution in [-0.4, -0.2) is 44.5 Å². The molecule has 1 saturated heterocycles. The number of benzene rings is 1. The van der Waals surface area contributed by atoms with Gasteiger partial charge in [0, 0.05) is 17.8 Å². The van der Waals surface area contributed by atoms with E-state index < -0.39 is 9.84 Å². The van der Waals surface area contributed by atoms with Crippen LogP contribution in [0, 0.1) is 5.82 Å². The van der Waals surface area contributed by atoms with Crippen LogP contribution in [0.1, 0.15) is 20.3 Å². The molecule has 0 radical (unpaired) electrons. The quantitative estimate of drug-likeness (QED) is 0.886. The predicted molar refractivity (Wildman–Crippen MR) is 84.1 cm³/mol. The molecule has 122 valence electrons. The van der Waals surface area contributed by atoms with Crippen LogP contribution in [0.3, 0.4) is 0 Å². The molecule has 22 heavy (non-hydrogen) atoms. The van der Waals surface area contributed by atoms with Gasteiger partial charge in [0.25, 0.3) is 0 Å². The first kappa shape index (κ1) is 16.7. The Morgan fingerprint density at radius 3 is 2.50 bits per heavy atom. The van der Waals surface area contributed by atoms with Crippen molar-refractivity contribution in [2.24, 2.45) is 0 Å². The predicted octanol–water partition coefficient (Wildman–Crippen LogP) is 1.34. The zero-order valence-corrected chi connectivity index (χ0v) is 13.6. The van der Waals surface area contributed by atoms with Crippen LogP contribution >= 0.6 is 0 Å². The Bertz CT molecular complexity index is 629. The molecular formula is C15H21FN2O3S. The number of nitrogens with zero attached hydrogens (tertiary/aromatic N) is 1. The molecule has 7 heteroatoms. The highest BCUT2D eigenvalue weighted by atomic mass is 32.2. The highest BCUT2D eigenvalue weighted by molar-refractivity contribution is 7.91. The van der Waals surface area contributed by atoms with E-state index in [2.05, 4.69) is 5.32 Å². The summed E-state index contributed by atoms with van der Waals surface area (Å²) in [6.45, 7) is 3.99. The second-order valence-electron chi connectivity index (χ2n) is 5.87. The summed E-state index contributed by atoms with van der Waals surface area (Å²) in [5.41, 5.74) is 0.755. The molecule has 1 atom stereocenters. The number of rotatable bonds is 5. The molecule has 1 aliphatic heterocycles. The smallest absolute Gasteiger partial charge is 0.239 e. The lowest BCUT2D eigenvalue weighted by Gasteiger charge is -2.29. The van der Waals surface area contributed by atoms with E-state index in [-0.39, 0.29) is 41.9 Å². The monoisotopic (exact) mass is 328 g/mol. The minimum atomic E-state index is -3.01.